The predicted molar refractivity (Wildman–Crippen MR) is 86.2 cm³/mol. The molecule has 5 nitrogen and oxygen atoms in total. The second-order valence-electron chi connectivity index (χ2n) is 5.69. The molecule has 0 bridgehead atoms. The normalized spacial score (nSPS) is 16.5. The van der Waals surface area contributed by atoms with E-state index in [1.807, 2.05) is 32.0 Å². The van der Waals surface area contributed by atoms with Crippen LogP contribution >= 0.6 is 0 Å². The van der Waals surface area contributed by atoms with Crippen molar-refractivity contribution in [3.63, 3.8) is 0 Å². The third kappa shape index (κ3) is 4.04. The van der Waals surface area contributed by atoms with E-state index in [0.29, 0.717) is 17.9 Å². The van der Waals surface area contributed by atoms with E-state index >= 15 is 0 Å². The van der Waals surface area contributed by atoms with Gasteiger partial charge >= 0.3 is 5.97 Å². The Labute approximate surface area is 136 Å². The topological polar surface area (TPSA) is 68.5 Å². The van der Waals surface area contributed by atoms with E-state index in [4.69, 9.17) is 14.2 Å². The van der Waals surface area contributed by atoms with Gasteiger partial charge in [0.15, 0.2) is 0 Å². The lowest BCUT2D eigenvalue weighted by Crippen LogP contribution is -2.12. The Bertz CT molecular complexity index is 670. The molecule has 0 saturated heterocycles. The second kappa shape index (κ2) is 7.19. The molecule has 0 aliphatic carbocycles. The lowest BCUT2D eigenvalue weighted by atomic mass is 10.0. The highest BCUT2D eigenvalue weighted by Gasteiger charge is 2.22. The average Bonchev–Trinajstić information content (AvgIpc) is 2.83. The van der Waals surface area contributed by atoms with E-state index in [0.717, 1.165) is 17.7 Å². The fourth-order valence-electron chi connectivity index (χ4n) is 2.42. The Kier molecular flexibility index (Phi) is 5.28. The second-order valence-corrected chi connectivity index (χ2v) is 5.69. The van der Waals surface area contributed by atoms with Crippen LogP contribution in [0.3, 0.4) is 0 Å². The molecule has 1 aliphatic heterocycles. The van der Waals surface area contributed by atoms with Crippen molar-refractivity contribution in [2.45, 2.75) is 46.3 Å². The van der Waals surface area contributed by atoms with Crippen LogP contribution in [0.4, 0.5) is 0 Å². The molecule has 0 amide bonds. The summed E-state index contributed by atoms with van der Waals surface area (Å²) in [5, 5.41) is 9.24. The van der Waals surface area contributed by atoms with Crippen LogP contribution in [-0.2, 0) is 16.0 Å². The summed E-state index contributed by atoms with van der Waals surface area (Å²) in [4.78, 5) is 12.0. The number of carbonyl (C=O) groups is 1. The molecule has 0 aromatic heterocycles. The fraction of sp³-hybridized carbons (Fsp3) is 0.444. The zero-order valence-corrected chi connectivity index (χ0v) is 13.9. The number of hydrogen-bond acceptors (Lipinski definition) is 5. The van der Waals surface area contributed by atoms with Gasteiger partial charge in [-0.1, -0.05) is 0 Å². The highest BCUT2D eigenvalue weighted by atomic mass is 16.5. The van der Waals surface area contributed by atoms with Crippen molar-refractivity contribution in [3.8, 4) is 17.6 Å². The van der Waals surface area contributed by atoms with Gasteiger partial charge in [0.1, 0.15) is 29.2 Å². The quantitative estimate of drug-likeness (QED) is 0.474. The van der Waals surface area contributed by atoms with E-state index in [-0.39, 0.29) is 17.8 Å². The van der Waals surface area contributed by atoms with Gasteiger partial charge in [0.05, 0.1) is 12.7 Å². The van der Waals surface area contributed by atoms with Gasteiger partial charge < -0.3 is 14.2 Å². The SMILES string of the molecule is CCOc1cc2c(cc1/C=C(\C#N)C(=O)OC(C)C)O[C@@H](C)C2. The first kappa shape index (κ1) is 16.9. The highest BCUT2D eigenvalue weighted by Crippen LogP contribution is 2.36. The Morgan fingerprint density at radius 3 is 2.87 bits per heavy atom. The number of esters is 1. The zero-order valence-electron chi connectivity index (χ0n) is 13.9. The molecule has 5 heteroatoms. The van der Waals surface area contributed by atoms with Crippen LogP contribution in [0, 0.1) is 11.3 Å². The summed E-state index contributed by atoms with van der Waals surface area (Å²) in [6.07, 6.45) is 2.14. The Morgan fingerprint density at radius 1 is 1.52 bits per heavy atom. The molecular formula is C18H21NO4. The highest BCUT2D eigenvalue weighted by molar-refractivity contribution is 5.98. The minimum absolute atomic E-state index is 0.0642. The third-order valence-electron chi connectivity index (χ3n) is 3.31. The number of benzene rings is 1. The molecule has 0 saturated carbocycles. The lowest BCUT2D eigenvalue weighted by molar-refractivity contribution is -0.142. The van der Waals surface area contributed by atoms with Gasteiger partial charge in [0.25, 0.3) is 0 Å². The minimum Gasteiger partial charge on any atom is -0.493 e. The molecule has 1 aliphatic rings. The molecule has 0 N–H and O–H groups in total. The number of nitriles is 1. The van der Waals surface area contributed by atoms with Gasteiger partial charge in [-0.25, -0.2) is 4.79 Å². The summed E-state index contributed by atoms with van der Waals surface area (Å²) in [5.41, 5.74) is 1.64. The third-order valence-corrected chi connectivity index (χ3v) is 3.31. The van der Waals surface area contributed by atoms with Crippen LogP contribution in [0.25, 0.3) is 6.08 Å². The summed E-state index contributed by atoms with van der Waals surface area (Å²) in [7, 11) is 0. The maximum absolute atomic E-state index is 12.0. The molecule has 0 fully saturated rings. The lowest BCUT2D eigenvalue weighted by Gasteiger charge is -2.11. The van der Waals surface area contributed by atoms with Gasteiger partial charge in [0, 0.05) is 17.5 Å². The van der Waals surface area contributed by atoms with E-state index in [2.05, 4.69) is 0 Å². The predicted octanol–water partition coefficient (Wildman–Crippen LogP) is 3.27. The van der Waals surface area contributed by atoms with Crippen molar-refractivity contribution in [2.75, 3.05) is 6.61 Å². The van der Waals surface area contributed by atoms with E-state index in [1.54, 1.807) is 13.8 Å². The van der Waals surface area contributed by atoms with Crippen molar-refractivity contribution >= 4 is 12.0 Å². The summed E-state index contributed by atoms with van der Waals surface area (Å²) >= 11 is 0. The Morgan fingerprint density at radius 2 is 2.26 bits per heavy atom. The Balaban J connectivity index is 2.41. The van der Waals surface area contributed by atoms with Gasteiger partial charge in [-0.2, -0.15) is 5.26 Å². The summed E-state index contributed by atoms with van der Waals surface area (Å²) in [6, 6.07) is 5.61. The summed E-state index contributed by atoms with van der Waals surface area (Å²) in [5.74, 6) is 0.760. The molecule has 2 rings (SSSR count). The van der Waals surface area contributed by atoms with Gasteiger partial charge in [0.2, 0.25) is 0 Å². The first-order valence-corrected chi connectivity index (χ1v) is 7.73. The van der Waals surface area contributed by atoms with E-state index in [9.17, 15) is 10.1 Å². The summed E-state index contributed by atoms with van der Waals surface area (Å²) < 4.78 is 16.5. The maximum atomic E-state index is 12.0. The van der Waals surface area contributed by atoms with Crippen LogP contribution < -0.4 is 9.47 Å². The molecule has 1 aromatic carbocycles. The molecule has 0 spiro atoms. The summed E-state index contributed by atoms with van der Waals surface area (Å²) in [6.45, 7) is 7.86. The number of fused-ring (bicyclic) bond motifs is 1. The monoisotopic (exact) mass is 315 g/mol. The Hall–Kier alpha value is -2.48. The number of ether oxygens (including phenoxy) is 3. The minimum atomic E-state index is -0.639. The van der Waals surface area contributed by atoms with Crippen LogP contribution in [0.5, 0.6) is 11.5 Å². The molecule has 1 aromatic rings. The van der Waals surface area contributed by atoms with Crippen LogP contribution in [-0.4, -0.2) is 24.8 Å². The van der Waals surface area contributed by atoms with Gasteiger partial charge in [-0.05, 0) is 45.9 Å². The molecular weight excluding hydrogens is 294 g/mol. The van der Waals surface area contributed by atoms with Crippen molar-refractivity contribution in [2.24, 2.45) is 0 Å². The number of carbonyl (C=O) groups excluding carboxylic acids is 1. The smallest absolute Gasteiger partial charge is 0.349 e. The standard InChI is InChI=1S/C18H21NO4/c1-5-21-16-8-13-6-12(4)23-17(13)9-14(16)7-15(10-19)18(20)22-11(2)3/h7-9,11-12H,5-6H2,1-4H3/b15-7+/t12-/m0/s1. The maximum Gasteiger partial charge on any atom is 0.349 e. The van der Waals surface area contributed by atoms with Crippen molar-refractivity contribution in [1.29, 1.82) is 5.26 Å². The number of hydrogen-bond donors (Lipinski definition) is 0. The molecule has 23 heavy (non-hydrogen) atoms. The first-order valence-electron chi connectivity index (χ1n) is 7.73. The average molecular weight is 315 g/mol. The molecule has 1 heterocycles. The molecule has 0 unspecified atom stereocenters. The van der Waals surface area contributed by atoms with Gasteiger partial charge in [-0.3, -0.25) is 0 Å². The van der Waals surface area contributed by atoms with E-state index in [1.165, 1.54) is 6.08 Å². The van der Waals surface area contributed by atoms with Crippen molar-refractivity contribution in [3.05, 3.63) is 28.8 Å². The van der Waals surface area contributed by atoms with Crippen molar-refractivity contribution < 1.29 is 19.0 Å². The van der Waals surface area contributed by atoms with Crippen LogP contribution in [0.1, 0.15) is 38.8 Å². The van der Waals surface area contributed by atoms with Gasteiger partial charge in [-0.15, -0.1) is 0 Å². The van der Waals surface area contributed by atoms with Crippen LogP contribution in [0.2, 0.25) is 0 Å². The zero-order chi connectivity index (χ0) is 17.0. The number of rotatable bonds is 5. The largest absolute Gasteiger partial charge is 0.493 e. The van der Waals surface area contributed by atoms with Crippen LogP contribution in [0.15, 0.2) is 17.7 Å². The first-order chi connectivity index (χ1) is 10.9. The molecule has 1 atom stereocenters. The van der Waals surface area contributed by atoms with Crippen molar-refractivity contribution in [1.82, 2.24) is 0 Å². The van der Waals surface area contributed by atoms with E-state index < -0.39 is 5.97 Å². The number of nitrogens with zero attached hydrogens (tertiary/aromatic N) is 1. The molecule has 0 radical (unpaired) electrons. The molecule has 122 valence electrons. The fourth-order valence-corrected chi connectivity index (χ4v) is 2.42.